The first-order valence-corrected chi connectivity index (χ1v) is 19.6. The van der Waals surface area contributed by atoms with Gasteiger partial charge >= 0.3 is 7.82 Å². The minimum Gasteiger partial charge on any atom is -0.391 e. The summed E-state index contributed by atoms with van der Waals surface area (Å²) in [4.78, 5) is 22.5. The highest BCUT2D eigenvalue weighted by molar-refractivity contribution is 7.47. The molecule has 0 rings (SSSR count). The molecule has 5 N–H and O–H groups in total. The number of hydrogen-bond donors (Lipinski definition) is 4. The van der Waals surface area contributed by atoms with Gasteiger partial charge in [-0.05, 0) is 12.8 Å². The van der Waals surface area contributed by atoms with E-state index >= 15 is 0 Å². The molecular weight excluding hydrogens is 563 g/mol. The van der Waals surface area contributed by atoms with Crippen molar-refractivity contribution in [3.63, 3.8) is 0 Å². The van der Waals surface area contributed by atoms with Crippen LogP contribution in [0.5, 0.6) is 0 Å². The second-order valence-electron chi connectivity index (χ2n) is 12.4. The summed E-state index contributed by atoms with van der Waals surface area (Å²) in [6.45, 7) is 4.19. The number of rotatable bonds is 34. The molecule has 0 aromatic carbocycles. The topological polar surface area (TPSA) is 131 Å². The molecule has 0 aliphatic rings. The molecule has 0 aromatic heterocycles. The van der Waals surface area contributed by atoms with Crippen LogP contribution < -0.4 is 11.1 Å². The van der Waals surface area contributed by atoms with Gasteiger partial charge in [-0.15, -0.1) is 0 Å². The van der Waals surface area contributed by atoms with Gasteiger partial charge in [-0.1, -0.05) is 162 Å². The number of phosphoric ester groups is 1. The second kappa shape index (κ2) is 31.5. The van der Waals surface area contributed by atoms with E-state index < -0.39 is 20.0 Å². The highest BCUT2D eigenvalue weighted by Crippen LogP contribution is 2.43. The second-order valence-corrected chi connectivity index (χ2v) is 13.9. The molecule has 0 radical (unpaired) electrons. The molecule has 43 heavy (non-hydrogen) atoms. The van der Waals surface area contributed by atoms with Gasteiger partial charge in [0.05, 0.1) is 25.4 Å². The molecular formula is C34H71N2O6P. The van der Waals surface area contributed by atoms with Crippen LogP contribution in [0.15, 0.2) is 0 Å². The number of unbranched alkanes of at least 4 members (excludes halogenated alkanes) is 22. The van der Waals surface area contributed by atoms with Crippen molar-refractivity contribution in [2.24, 2.45) is 5.73 Å². The highest BCUT2D eigenvalue weighted by atomic mass is 31.2. The molecule has 0 aliphatic heterocycles. The van der Waals surface area contributed by atoms with Crippen molar-refractivity contribution in [3.05, 3.63) is 0 Å². The lowest BCUT2D eigenvalue weighted by atomic mass is 10.0. The molecule has 3 unspecified atom stereocenters. The maximum atomic E-state index is 12.7. The van der Waals surface area contributed by atoms with E-state index in [1.165, 1.54) is 116 Å². The fourth-order valence-electron chi connectivity index (χ4n) is 5.43. The Balaban J connectivity index is 4.23. The lowest BCUT2D eigenvalue weighted by Gasteiger charge is -2.25. The van der Waals surface area contributed by atoms with Gasteiger partial charge in [-0.2, -0.15) is 0 Å². The van der Waals surface area contributed by atoms with Crippen LogP contribution in [0.4, 0.5) is 0 Å². The number of phosphoric acid groups is 1. The molecule has 0 heterocycles. The van der Waals surface area contributed by atoms with Crippen LogP contribution in [0, 0.1) is 0 Å². The SMILES string of the molecule is CCCCCCCCCCCCCCCCC(=O)NC(COP(=O)(O)OCCN)C(O)CCCCCCCCCCCC. The zero-order chi connectivity index (χ0) is 31.9. The average Bonchev–Trinajstić information content (AvgIpc) is 2.99. The first kappa shape index (κ1) is 42.5. The molecule has 8 nitrogen and oxygen atoms in total. The standard InChI is InChI=1S/C34H71N2O6P/c1-3-5-7-9-11-13-15-16-17-18-20-22-24-26-28-34(38)36-32(31-42-43(39,40)41-30-29-35)33(37)27-25-23-21-19-14-12-10-8-6-4-2/h32-33,37H,3-31,35H2,1-2H3,(H,36,38)(H,39,40). The zero-order valence-electron chi connectivity index (χ0n) is 28.2. The molecule has 0 saturated heterocycles. The molecule has 0 aliphatic carbocycles. The van der Waals surface area contributed by atoms with Crippen molar-refractivity contribution >= 4 is 13.7 Å². The van der Waals surface area contributed by atoms with Crippen LogP contribution in [-0.4, -0.2) is 47.8 Å². The lowest BCUT2D eigenvalue weighted by molar-refractivity contribution is -0.123. The number of aliphatic hydroxyl groups excluding tert-OH is 1. The van der Waals surface area contributed by atoms with Gasteiger partial charge in [-0.25, -0.2) is 4.57 Å². The van der Waals surface area contributed by atoms with Crippen molar-refractivity contribution < 1.29 is 28.4 Å². The summed E-state index contributed by atoms with van der Waals surface area (Å²) >= 11 is 0. The summed E-state index contributed by atoms with van der Waals surface area (Å²) in [6.07, 6.45) is 29.6. The Morgan fingerprint density at radius 2 is 1.07 bits per heavy atom. The molecule has 1 amide bonds. The number of aliphatic hydroxyl groups is 1. The molecule has 0 saturated carbocycles. The van der Waals surface area contributed by atoms with Gasteiger partial charge in [0.25, 0.3) is 0 Å². The number of nitrogens with two attached hydrogens (primary N) is 1. The van der Waals surface area contributed by atoms with Crippen molar-refractivity contribution in [3.8, 4) is 0 Å². The molecule has 3 atom stereocenters. The van der Waals surface area contributed by atoms with E-state index in [1.807, 2.05) is 0 Å². The van der Waals surface area contributed by atoms with Crippen molar-refractivity contribution in [1.82, 2.24) is 5.32 Å². The third kappa shape index (κ3) is 29.9. The summed E-state index contributed by atoms with van der Waals surface area (Å²) in [5.74, 6) is -0.162. The van der Waals surface area contributed by atoms with Crippen LogP contribution in [0.3, 0.4) is 0 Å². The molecule has 258 valence electrons. The third-order valence-electron chi connectivity index (χ3n) is 8.21. The van der Waals surface area contributed by atoms with E-state index in [1.54, 1.807) is 0 Å². The number of carbonyl (C=O) groups excluding carboxylic acids is 1. The van der Waals surface area contributed by atoms with Crippen molar-refractivity contribution in [1.29, 1.82) is 0 Å². The summed E-state index contributed by atoms with van der Waals surface area (Å²) < 4.78 is 22.0. The van der Waals surface area contributed by atoms with E-state index in [9.17, 15) is 19.4 Å². The molecule has 0 bridgehead atoms. The molecule has 0 fully saturated rings. The van der Waals surface area contributed by atoms with E-state index in [-0.39, 0.29) is 25.7 Å². The smallest absolute Gasteiger partial charge is 0.391 e. The van der Waals surface area contributed by atoms with Gasteiger partial charge in [0.1, 0.15) is 0 Å². The number of hydrogen-bond acceptors (Lipinski definition) is 6. The predicted molar refractivity (Wildman–Crippen MR) is 180 cm³/mol. The third-order valence-corrected chi connectivity index (χ3v) is 9.20. The Kier molecular flexibility index (Phi) is 31.1. The van der Waals surface area contributed by atoms with Gasteiger partial charge in [0, 0.05) is 13.0 Å². The fraction of sp³-hybridized carbons (Fsp3) is 0.971. The predicted octanol–water partition coefficient (Wildman–Crippen LogP) is 9.11. The Labute approximate surface area is 265 Å². The Morgan fingerprint density at radius 1 is 0.674 bits per heavy atom. The number of nitrogens with one attached hydrogen (secondary N) is 1. The first-order valence-electron chi connectivity index (χ1n) is 18.2. The average molecular weight is 635 g/mol. The van der Waals surface area contributed by atoms with E-state index in [2.05, 4.69) is 19.2 Å². The van der Waals surface area contributed by atoms with Gasteiger partial charge in [-0.3, -0.25) is 13.8 Å². The Morgan fingerprint density at radius 3 is 1.49 bits per heavy atom. The van der Waals surface area contributed by atoms with Gasteiger partial charge < -0.3 is 21.1 Å². The lowest BCUT2D eigenvalue weighted by Crippen LogP contribution is -2.46. The first-order chi connectivity index (χ1) is 20.9. The quantitative estimate of drug-likeness (QED) is 0.0410. The summed E-state index contributed by atoms with van der Waals surface area (Å²) in [5, 5.41) is 13.7. The Hall–Kier alpha value is -0.500. The number of amides is 1. The molecule has 9 heteroatoms. The van der Waals surface area contributed by atoms with Crippen LogP contribution in [0.1, 0.15) is 181 Å². The van der Waals surface area contributed by atoms with E-state index in [0.29, 0.717) is 12.8 Å². The molecule has 0 aromatic rings. The summed E-state index contributed by atoms with van der Waals surface area (Å²) in [6, 6.07) is -0.764. The monoisotopic (exact) mass is 635 g/mol. The Bertz CT molecular complexity index is 654. The zero-order valence-corrected chi connectivity index (χ0v) is 29.1. The fourth-order valence-corrected chi connectivity index (χ4v) is 6.19. The van der Waals surface area contributed by atoms with Gasteiger partial charge in [0.15, 0.2) is 0 Å². The normalized spacial score (nSPS) is 14.4. The summed E-state index contributed by atoms with van der Waals surface area (Å²) in [5.41, 5.74) is 5.35. The highest BCUT2D eigenvalue weighted by Gasteiger charge is 2.27. The van der Waals surface area contributed by atoms with Gasteiger partial charge in [0.2, 0.25) is 5.91 Å². The maximum absolute atomic E-state index is 12.7. The van der Waals surface area contributed by atoms with E-state index in [4.69, 9.17) is 14.8 Å². The van der Waals surface area contributed by atoms with E-state index in [0.717, 1.165) is 38.5 Å². The minimum atomic E-state index is -4.30. The van der Waals surface area contributed by atoms with Crippen molar-refractivity contribution in [2.45, 2.75) is 193 Å². The van der Waals surface area contributed by atoms with Crippen molar-refractivity contribution in [2.75, 3.05) is 19.8 Å². The van der Waals surface area contributed by atoms with Crippen LogP contribution >= 0.6 is 7.82 Å². The largest absolute Gasteiger partial charge is 0.472 e. The molecule has 0 spiro atoms. The van der Waals surface area contributed by atoms with Crippen LogP contribution in [0.25, 0.3) is 0 Å². The minimum absolute atomic E-state index is 0.0919. The van der Waals surface area contributed by atoms with Crippen LogP contribution in [-0.2, 0) is 18.4 Å². The maximum Gasteiger partial charge on any atom is 0.472 e. The van der Waals surface area contributed by atoms with Crippen LogP contribution in [0.2, 0.25) is 0 Å². The number of carbonyl (C=O) groups is 1. The summed E-state index contributed by atoms with van der Waals surface area (Å²) in [7, 11) is -4.30.